The number of nitrogens with zero attached hydrogens (tertiary/aromatic N) is 1. The lowest BCUT2D eigenvalue weighted by atomic mass is 9.87. The Morgan fingerprint density at radius 3 is 1.76 bits per heavy atom. The molecule has 25 heavy (non-hydrogen) atoms. The molecule has 0 aliphatic carbocycles. The molecular formula is C18H17NO5S. The van der Waals surface area contributed by atoms with Crippen molar-refractivity contribution < 1.29 is 22.3 Å². The van der Waals surface area contributed by atoms with E-state index >= 15 is 0 Å². The molecule has 0 saturated heterocycles. The van der Waals surface area contributed by atoms with Crippen molar-refractivity contribution in [2.45, 2.75) is 31.1 Å². The Morgan fingerprint density at radius 2 is 1.32 bits per heavy atom. The minimum absolute atomic E-state index is 0.116. The highest BCUT2D eigenvalue weighted by Crippen LogP contribution is 2.27. The van der Waals surface area contributed by atoms with Crippen LogP contribution in [0.15, 0.2) is 53.4 Å². The maximum Gasteiger partial charge on any atom is 0.318 e. The zero-order valence-corrected chi connectivity index (χ0v) is 14.8. The molecule has 7 heteroatoms. The molecule has 1 aliphatic rings. The van der Waals surface area contributed by atoms with E-state index < -0.39 is 21.9 Å². The Balaban J connectivity index is 1.88. The highest BCUT2D eigenvalue weighted by atomic mass is 32.2. The summed E-state index contributed by atoms with van der Waals surface area (Å²) in [6.45, 7) is 6.02. The van der Waals surface area contributed by atoms with Crippen LogP contribution >= 0.6 is 0 Å². The highest BCUT2D eigenvalue weighted by molar-refractivity contribution is 7.86. The van der Waals surface area contributed by atoms with Crippen LogP contribution in [0.5, 0.6) is 0 Å². The van der Waals surface area contributed by atoms with E-state index in [2.05, 4.69) is 0 Å². The van der Waals surface area contributed by atoms with E-state index in [4.69, 9.17) is 4.28 Å². The third-order valence-corrected chi connectivity index (χ3v) is 5.13. The third-order valence-electron chi connectivity index (χ3n) is 3.94. The van der Waals surface area contributed by atoms with Crippen molar-refractivity contribution in [3.63, 3.8) is 0 Å². The van der Waals surface area contributed by atoms with Crippen LogP contribution in [0, 0.1) is 0 Å². The van der Waals surface area contributed by atoms with Crippen molar-refractivity contribution in [2.75, 3.05) is 0 Å². The van der Waals surface area contributed by atoms with E-state index in [1.807, 2.05) is 20.8 Å². The Labute approximate surface area is 146 Å². The minimum atomic E-state index is -4.31. The van der Waals surface area contributed by atoms with Crippen molar-refractivity contribution in [2.24, 2.45) is 0 Å². The predicted molar refractivity (Wildman–Crippen MR) is 90.4 cm³/mol. The second-order valence-corrected chi connectivity index (χ2v) is 8.28. The number of benzene rings is 2. The van der Waals surface area contributed by atoms with Gasteiger partial charge in [0, 0.05) is 0 Å². The van der Waals surface area contributed by atoms with Gasteiger partial charge in [0.15, 0.2) is 0 Å². The third kappa shape index (κ3) is 3.08. The summed E-state index contributed by atoms with van der Waals surface area (Å²) >= 11 is 0. The molecule has 0 bridgehead atoms. The topological polar surface area (TPSA) is 80.8 Å². The predicted octanol–water partition coefficient (Wildman–Crippen LogP) is 2.90. The number of hydroxylamine groups is 2. The van der Waals surface area contributed by atoms with Crippen LogP contribution in [0.1, 0.15) is 47.1 Å². The summed E-state index contributed by atoms with van der Waals surface area (Å²) in [6, 6.07) is 12.2. The molecule has 0 aromatic heterocycles. The molecule has 0 saturated carbocycles. The summed E-state index contributed by atoms with van der Waals surface area (Å²) in [6.07, 6.45) is 0. The summed E-state index contributed by atoms with van der Waals surface area (Å²) in [4.78, 5) is 24.3. The quantitative estimate of drug-likeness (QED) is 0.787. The number of imide groups is 1. The number of fused-ring (bicyclic) bond motifs is 1. The molecule has 2 amide bonds. The molecule has 1 aliphatic heterocycles. The zero-order chi connectivity index (χ0) is 18.4. The number of hydrogen-bond donors (Lipinski definition) is 0. The lowest BCUT2D eigenvalue weighted by molar-refractivity contribution is -0.0103. The van der Waals surface area contributed by atoms with Crippen molar-refractivity contribution in [1.29, 1.82) is 0 Å². The average molecular weight is 359 g/mol. The summed E-state index contributed by atoms with van der Waals surface area (Å²) in [5, 5.41) is 0.289. The SMILES string of the molecule is CC(C)(C)c1ccc(S(=O)(=O)ON2C(=O)c3ccccc3C2=O)cc1. The Bertz CT molecular complexity index is 921. The Hall–Kier alpha value is -2.51. The standard InChI is InChI=1S/C18H17NO5S/c1-18(2,3)12-8-10-13(11-9-12)25(22,23)24-19-16(20)14-6-4-5-7-15(14)17(19)21/h4-11H,1-3H3. The highest BCUT2D eigenvalue weighted by Gasteiger charge is 2.40. The first-order valence-corrected chi connectivity index (χ1v) is 9.05. The van der Waals surface area contributed by atoms with Gasteiger partial charge in [-0.2, -0.15) is 8.42 Å². The summed E-state index contributed by atoms with van der Waals surface area (Å²) in [5.41, 5.74) is 1.05. The first-order chi connectivity index (χ1) is 11.6. The van der Waals surface area contributed by atoms with E-state index in [1.54, 1.807) is 24.3 Å². The van der Waals surface area contributed by atoms with Crippen molar-refractivity contribution in [3.05, 3.63) is 65.2 Å². The van der Waals surface area contributed by atoms with Crippen LogP contribution < -0.4 is 0 Å². The van der Waals surface area contributed by atoms with Gasteiger partial charge in [-0.05, 0) is 35.2 Å². The molecule has 0 radical (unpaired) electrons. The Morgan fingerprint density at radius 1 is 0.840 bits per heavy atom. The lowest BCUT2D eigenvalue weighted by Gasteiger charge is -2.19. The molecule has 0 fully saturated rings. The van der Waals surface area contributed by atoms with E-state index in [0.717, 1.165) is 5.56 Å². The number of carbonyl (C=O) groups excluding carboxylic acids is 2. The number of hydrogen-bond acceptors (Lipinski definition) is 5. The molecular weight excluding hydrogens is 342 g/mol. The van der Waals surface area contributed by atoms with Crippen LogP contribution in [-0.4, -0.2) is 25.3 Å². The van der Waals surface area contributed by atoms with Gasteiger partial charge < -0.3 is 0 Å². The first-order valence-electron chi connectivity index (χ1n) is 7.64. The summed E-state index contributed by atoms with van der Waals surface area (Å²) in [5.74, 6) is -1.59. The molecule has 130 valence electrons. The van der Waals surface area contributed by atoms with Crippen LogP contribution in [0.2, 0.25) is 0 Å². The summed E-state index contributed by atoms with van der Waals surface area (Å²) < 4.78 is 29.7. The smallest absolute Gasteiger partial charge is 0.266 e. The van der Waals surface area contributed by atoms with Crippen molar-refractivity contribution in [1.82, 2.24) is 5.06 Å². The van der Waals surface area contributed by atoms with Crippen molar-refractivity contribution >= 4 is 21.9 Å². The van der Waals surface area contributed by atoms with Crippen molar-refractivity contribution in [3.8, 4) is 0 Å². The molecule has 3 rings (SSSR count). The zero-order valence-electron chi connectivity index (χ0n) is 14.0. The fourth-order valence-electron chi connectivity index (χ4n) is 2.50. The first kappa shape index (κ1) is 17.3. The minimum Gasteiger partial charge on any atom is -0.266 e. The molecule has 2 aromatic carbocycles. The fraction of sp³-hybridized carbons (Fsp3) is 0.222. The van der Waals surface area contributed by atoms with E-state index in [1.165, 1.54) is 24.3 Å². The second-order valence-electron chi connectivity index (χ2n) is 6.75. The summed E-state index contributed by atoms with van der Waals surface area (Å²) in [7, 11) is -4.31. The monoisotopic (exact) mass is 359 g/mol. The number of amides is 2. The lowest BCUT2D eigenvalue weighted by Crippen LogP contribution is -2.32. The van der Waals surface area contributed by atoms with E-state index in [0.29, 0.717) is 0 Å². The molecule has 2 aromatic rings. The van der Waals surface area contributed by atoms with Gasteiger partial charge >= 0.3 is 10.1 Å². The van der Waals surface area contributed by atoms with Crippen LogP contribution in [-0.2, 0) is 19.8 Å². The molecule has 1 heterocycles. The van der Waals surface area contributed by atoms with Gasteiger partial charge in [0.05, 0.1) is 16.0 Å². The van der Waals surface area contributed by atoms with Gasteiger partial charge in [-0.1, -0.05) is 45.0 Å². The number of rotatable bonds is 3. The van der Waals surface area contributed by atoms with Crippen LogP contribution in [0.3, 0.4) is 0 Å². The molecule has 0 unspecified atom stereocenters. The molecule has 6 nitrogen and oxygen atoms in total. The maximum atomic E-state index is 12.4. The fourth-order valence-corrected chi connectivity index (χ4v) is 3.38. The molecule has 0 spiro atoms. The molecule has 0 atom stereocenters. The second kappa shape index (κ2) is 5.79. The maximum absolute atomic E-state index is 12.4. The van der Waals surface area contributed by atoms with Gasteiger partial charge in [-0.3, -0.25) is 9.59 Å². The largest absolute Gasteiger partial charge is 0.318 e. The van der Waals surface area contributed by atoms with Gasteiger partial charge in [-0.15, -0.1) is 9.35 Å². The average Bonchev–Trinajstić information content (AvgIpc) is 2.79. The van der Waals surface area contributed by atoms with Crippen LogP contribution in [0.25, 0.3) is 0 Å². The van der Waals surface area contributed by atoms with Gasteiger partial charge in [0.1, 0.15) is 0 Å². The normalized spacial score (nSPS) is 14.8. The Kier molecular flexibility index (Phi) is 4.01. The van der Waals surface area contributed by atoms with E-state index in [-0.39, 0.29) is 26.5 Å². The van der Waals surface area contributed by atoms with Gasteiger partial charge in [0.25, 0.3) is 11.8 Å². The van der Waals surface area contributed by atoms with Crippen LogP contribution in [0.4, 0.5) is 0 Å². The van der Waals surface area contributed by atoms with Gasteiger partial charge in [-0.25, -0.2) is 0 Å². The number of carbonyl (C=O) groups is 2. The van der Waals surface area contributed by atoms with E-state index in [9.17, 15) is 18.0 Å². The molecule has 0 N–H and O–H groups in total. The van der Waals surface area contributed by atoms with Gasteiger partial charge in [0.2, 0.25) is 0 Å².